The molecule has 0 saturated heterocycles. The van der Waals surface area contributed by atoms with E-state index in [0.29, 0.717) is 5.56 Å². The number of benzene rings is 4. The highest BCUT2D eigenvalue weighted by Gasteiger charge is 2.39. The van der Waals surface area contributed by atoms with Crippen molar-refractivity contribution in [3.63, 3.8) is 0 Å². The van der Waals surface area contributed by atoms with Gasteiger partial charge in [-0.2, -0.15) is 26.3 Å². The fourth-order valence-electron chi connectivity index (χ4n) is 4.76. The molecule has 0 spiro atoms. The van der Waals surface area contributed by atoms with E-state index in [1.807, 2.05) is 0 Å². The van der Waals surface area contributed by atoms with Crippen molar-refractivity contribution in [3.8, 4) is 34.3 Å². The fourth-order valence-corrected chi connectivity index (χ4v) is 4.76. The zero-order chi connectivity index (χ0) is 45.7. The second-order valence-electron chi connectivity index (χ2n) is 12.0. The number of halogens is 14. The van der Waals surface area contributed by atoms with Gasteiger partial charge in [-0.05, 0) is 49.2 Å². The van der Waals surface area contributed by atoms with E-state index in [1.165, 1.54) is 24.8 Å². The maximum atomic E-state index is 14.3. The van der Waals surface area contributed by atoms with E-state index < -0.39 is 105 Å². The zero-order valence-corrected chi connectivity index (χ0v) is 30.1. The van der Waals surface area contributed by atoms with Crippen molar-refractivity contribution in [1.29, 1.82) is 0 Å². The second kappa shape index (κ2) is 18.4. The number of aryl methyl sites for hydroxylation is 2. The number of carboxylic acid groups (broad SMARTS) is 1. The molecular formula is C38H20F14N4O5. The highest BCUT2D eigenvalue weighted by molar-refractivity contribution is 5.92. The van der Waals surface area contributed by atoms with Crippen LogP contribution in [0.1, 0.15) is 43.0 Å². The van der Waals surface area contributed by atoms with Crippen molar-refractivity contribution in [3.05, 3.63) is 153 Å². The molecule has 0 bridgehead atoms. The largest absolute Gasteiger partial charge is 0.508 e. The van der Waals surface area contributed by atoms with Crippen LogP contribution in [0.25, 0.3) is 22.8 Å². The first-order valence-corrected chi connectivity index (χ1v) is 16.1. The number of carbonyl (C=O) groups excluding carboxylic acids is 1. The first kappa shape index (κ1) is 46.5. The van der Waals surface area contributed by atoms with Gasteiger partial charge < -0.3 is 14.9 Å². The molecule has 61 heavy (non-hydrogen) atoms. The number of aromatic hydroxyl groups is 1. The van der Waals surface area contributed by atoms with Crippen LogP contribution in [0.5, 0.6) is 11.5 Å². The highest BCUT2D eigenvalue weighted by Crippen LogP contribution is 2.37. The third-order valence-corrected chi connectivity index (χ3v) is 7.40. The van der Waals surface area contributed by atoms with E-state index in [2.05, 4.69) is 24.7 Å². The van der Waals surface area contributed by atoms with Gasteiger partial charge in [-0.15, -0.1) is 0 Å². The Morgan fingerprint density at radius 1 is 0.508 bits per heavy atom. The van der Waals surface area contributed by atoms with Crippen molar-refractivity contribution in [2.24, 2.45) is 0 Å². The quantitative estimate of drug-likeness (QED) is 0.0986. The Morgan fingerprint density at radius 3 is 1.13 bits per heavy atom. The Morgan fingerprint density at radius 2 is 0.820 bits per heavy atom. The van der Waals surface area contributed by atoms with E-state index in [4.69, 9.17) is 10.2 Å². The molecule has 2 N–H and O–H groups in total. The van der Waals surface area contributed by atoms with E-state index in [-0.39, 0.29) is 47.0 Å². The van der Waals surface area contributed by atoms with Gasteiger partial charge in [0.05, 0.1) is 0 Å². The zero-order valence-electron chi connectivity index (χ0n) is 30.1. The summed E-state index contributed by atoms with van der Waals surface area (Å²) in [6, 6.07) is 3.82. The normalized spacial score (nSPS) is 11.2. The minimum Gasteiger partial charge on any atom is -0.508 e. The summed E-state index contributed by atoms with van der Waals surface area (Å²) in [6.07, 6.45) is -4.63. The first-order valence-electron chi connectivity index (χ1n) is 16.1. The summed E-state index contributed by atoms with van der Waals surface area (Å²) in [5.74, 6) is -18.0. The summed E-state index contributed by atoms with van der Waals surface area (Å²) in [6.45, 7) is 3.47. The molecule has 2 heterocycles. The lowest BCUT2D eigenvalue weighted by molar-refractivity contribution is -0.143. The summed E-state index contributed by atoms with van der Waals surface area (Å²) in [4.78, 5) is 38.3. The summed E-state index contributed by atoms with van der Waals surface area (Å²) < 4.78 is 185. The summed E-state index contributed by atoms with van der Waals surface area (Å²) in [7, 11) is 0. The van der Waals surface area contributed by atoms with Gasteiger partial charge in [-0.1, -0.05) is 0 Å². The predicted molar refractivity (Wildman–Crippen MR) is 181 cm³/mol. The van der Waals surface area contributed by atoms with Crippen LogP contribution < -0.4 is 4.74 Å². The number of phenols is 1. The SMILES string of the molecule is Cc1cnc(-c2cc(F)c(C(=O)O)c(F)c2)nc1.Cc1cnc(-c2cc(F)c(C(=O)Oc3cc(F)c(C(F)(F)F)c(F)c3)c(F)c2)nc1.Oc1cc(F)c(C(F)(F)F)c(F)c1. The van der Waals surface area contributed by atoms with Gasteiger partial charge in [0.15, 0.2) is 11.6 Å². The fraction of sp³-hybridized carbons (Fsp3) is 0.105. The lowest BCUT2D eigenvalue weighted by atomic mass is 10.1. The minimum atomic E-state index is -5.33. The molecule has 0 fully saturated rings. The predicted octanol–water partition coefficient (Wildman–Crippen LogP) is 10.4. The molecule has 0 atom stereocenters. The van der Waals surface area contributed by atoms with Gasteiger partial charge in [0.25, 0.3) is 0 Å². The molecule has 0 radical (unpaired) electrons. The van der Waals surface area contributed by atoms with Crippen LogP contribution in [0.2, 0.25) is 0 Å². The number of carboxylic acids is 1. The van der Waals surface area contributed by atoms with Crippen molar-refractivity contribution < 1.29 is 86.0 Å². The first-order chi connectivity index (χ1) is 28.3. The molecule has 2 aromatic heterocycles. The number of hydrogen-bond donors (Lipinski definition) is 2. The maximum Gasteiger partial charge on any atom is 0.422 e. The van der Waals surface area contributed by atoms with E-state index in [1.54, 1.807) is 13.8 Å². The molecule has 6 aromatic rings. The second-order valence-corrected chi connectivity index (χ2v) is 12.0. The van der Waals surface area contributed by atoms with Gasteiger partial charge in [-0.25, -0.2) is 64.6 Å². The number of carbonyl (C=O) groups is 2. The Hall–Kier alpha value is -7.20. The minimum absolute atomic E-state index is 0.0369. The number of ether oxygens (including phenoxy) is 1. The summed E-state index contributed by atoms with van der Waals surface area (Å²) in [5.41, 5.74) is -4.90. The van der Waals surface area contributed by atoms with E-state index in [0.717, 1.165) is 29.8 Å². The number of rotatable bonds is 5. The van der Waals surface area contributed by atoms with Crippen LogP contribution in [0.4, 0.5) is 61.5 Å². The Bertz CT molecular complexity index is 2510. The molecule has 0 aliphatic heterocycles. The van der Waals surface area contributed by atoms with Crippen LogP contribution in [0.15, 0.2) is 73.3 Å². The van der Waals surface area contributed by atoms with Gasteiger partial charge in [-0.3, -0.25) is 0 Å². The number of hydrogen-bond acceptors (Lipinski definition) is 8. The molecule has 6 rings (SSSR count). The van der Waals surface area contributed by atoms with Crippen LogP contribution in [-0.2, 0) is 12.4 Å². The number of esters is 1. The molecule has 9 nitrogen and oxygen atoms in total. The molecule has 0 saturated carbocycles. The highest BCUT2D eigenvalue weighted by atomic mass is 19.4. The molecule has 0 unspecified atom stereocenters. The van der Waals surface area contributed by atoms with Gasteiger partial charge in [0.1, 0.15) is 80.3 Å². The average molecular weight is 879 g/mol. The number of nitrogens with zero attached hydrogens (tertiary/aromatic N) is 4. The summed E-state index contributed by atoms with van der Waals surface area (Å²) in [5, 5.41) is 17.2. The van der Waals surface area contributed by atoms with Crippen molar-refractivity contribution in [2.75, 3.05) is 0 Å². The number of aromatic carboxylic acids is 1. The van der Waals surface area contributed by atoms with Gasteiger partial charge in [0, 0.05) is 60.2 Å². The maximum absolute atomic E-state index is 14.3. The molecule has 0 amide bonds. The van der Waals surface area contributed by atoms with Crippen molar-refractivity contribution in [2.45, 2.75) is 26.2 Å². The molecular weight excluding hydrogens is 858 g/mol. The average Bonchev–Trinajstić information content (AvgIpc) is 3.10. The molecule has 23 heteroatoms. The Labute approximate surface area is 331 Å². The Kier molecular flexibility index (Phi) is 14.0. The molecule has 0 aliphatic rings. The topological polar surface area (TPSA) is 135 Å². The van der Waals surface area contributed by atoms with Crippen molar-refractivity contribution in [1.82, 2.24) is 19.9 Å². The van der Waals surface area contributed by atoms with Gasteiger partial charge in [0.2, 0.25) is 0 Å². The van der Waals surface area contributed by atoms with Crippen LogP contribution >= 0.6 is 0 Å². The lowest BCUT2D eigenvalue weighted by Gasteiger charge is -2.12. The lowest BCUT2D eigenvalue weighted by Crippen LogP contribution is -2.15. The Balaban J connectivity index is 0.000000223. The molecule has 320 valence electrons. The summed E-state index contributed by atoms with van der Waals surface area (Å²) >= 11 is 0. The van der Waals surface area contributed by atoms with Gasteiger partial charge >= 0.3 is 24.3 Å². The number of phenolic OH excluding ortho intramolecular Hbond substituents is 1. The molecule has 4 aromatic carbocycles. The third-order valence-electron chi connectivity index (χ3n) is 7.40. The molecule has 0 aliphatic carbocycles. The van der Waals surface area contributed by atoms with Crippen molar-refractivity contribution >= 4 is 11.9 Å². The number of aromatic nitrogens is 4. The number of alkyl halides is 6. The van der Waals surface area contributed by atoms with E-state index in [9.17, 15) is 71.1 Å². The standard InChI is InChI=1S/C19H9F7N2O2.C12H8F2N2O2.C7H3F5O/c1-8-6-27-17(28-7-8)9-2-11(20)15(12(21)3-9)18(29)30-10-4-13(22)16(14(23)5-10)19(24,25)26;1-6-4-15-11(16-5-6)7-2-8(13)10(12(17)18)9(14)3-7;8-4-1-3(13)2-5(9)6(4)7(10,11)12/h2-7H,1H3;2-5H,1H3,(H,17,18);1-2,13H. The smallest absolute Gasteiger partial charge is 0.422 e. The van der Waals surface area contributed by atoms with Crippen LogP contribution in [-0.4, -0.2) is 42.1 Å². The monoisotopic (exact) mass is 878 g/mol. The van der Waals surface area contributed by atoms with Crippen LogP contribution in [0.3, 0.4) is 0 Å². The van der Waals surface area contributed by atoms with E-state index >= 15 is 0 Å². The third kappa shape index (κ3) is 11.5. The van der Waals surface area contributed by atoms with Crippen LogP contribution in [0, 0.1) is 60.4 Å².